The molecule has 0 saturated heterocycles. The fourth-order valence-corrected chi connectivity index (χ4v) is 6.85. The Labute approximate surface area is 149 Å². The number of carbonyl (C=O) groups excluding carboxylic acids is 1. The van der Waals surface area contributed by atoms with Crippen LogP contribution in [0.2, 0.25) is 0 Å². The topological polar surface area (TPSA) is 77.8 Å². The van der Waals surface area contributed by atoms with Crippen LogP contribution in [0, 0.1) is 28.6 Å². The van der Waals surface area contributed by atoms with Crippen molar-refractivity contribution >= 4 is 5.78 Å². The third-order valence-corrected chi connectivity index (χ3v) is 8.41. The largest absolute Gasteiger partial charge is 0.393 e. The number of ketones is 1. The van der Waals surface area contributed by atoms with E-state index in [-0.39, 0.29) is 29.1 Å². The first-order valence-electron chi connectivity index (χ1n) is 9.62. The molecule has 25 heavy (non-hydrogen) atoms. The molecule has 3 fully saturated rings. The van der Waals surface area contributed by atoms with E-state index in [1.807, 2.05) is 13.0 Å². The van der Waals surface area contributed by atoms with Crippen LogP contribution in [0.4, 0.5) is 0 Å². The molecule has 4 aliphatic carbocycles. The van der Waals surface area contributed by atoms with Crippen LogP contribution in [0.1, 0.15) is 52.9 Å². The predicted octanol–water partition coefficient (Wildman–Crippen LogP) is 2.38. The number of fused-ring (bicyclic) bond motifs is 5. The lowest BCUT2D eigenvalue weighted by Gasteiger charge is -2.59. The van der Waals surface area contributed by atoms with Gasteiger partial charge in [-0.1, -0.05) is 25.5 Å². The second kappa shape index (κ2) is 5.28. The van der Waals surface area contributed by atoms with Crippen LogP contribution in [-0.4, -0.2) is 39.4 Å². The summed E-state index contributed by atoms with van der Waals surface area (Å²) in [5.74, 6) is 0.702. The molecule has 0 amide bonds. The van der Waals surface area contributed by atoms with Gasteiger partial charge in [0.05, 0.1) is 18.3 Å². The van der Waals surface area contributed by atoms with Gasteiger partial charge in [0.25, 0.3) is 0 Å². The standard InChI is InChI=1S/C21H30O4/c1-19-9-12(11-22)16(23)8-13(19)4-5-14-15-6-7-21(3,25)20(15,2)10-17(24)18(14)19/h8-9,14-15,17-18,22,24-25H,4-7,10-11H2,1-3H3/t14-,15+,17-,18-,19-,20-,21?/m0/s1. The summed E-state index contributed by atoms with van der Waals surface area (Å²) in [5.41, 5.74) is 0.202. The molecule has 0 radical (unpaired) electrons. The van der Waals surface area contributed by atoms with E-state index in [1.165, 1.54) is 0 Å². The Balaban J connectivity index is 1.78. The summed E-state index contributed by atoms with van der Waals surface area (Å²) in [7, 11) is 0. The second-order valence-electron chi connectivity index (χ2n) is 9.48. The molecule has 0 heterocycles. The van der Waals surface area contributed by atoms with Crippen molar-refractivity contribution < 1.29 is 20.1 Å². The van der Waals surface area contributed by atoms with E-state index in [1.54, 1.807) is 6.08 Å². The lowest BCUT2D eigenvalue weighted by atomic mass is 9.46. The van der Waals surface area contributed by atoms with Crippen LogP contribution < -0.4 is 0 Å². The normalized spacial score (nSPS) is 52.0. The molecule has 0 aromatic heterocycles. The number of aliphatic hydroxyl groups is 3. The SMILES string of the molecule is CC1(O)CC[C@@H]2[C@@H]3CCC4=CC(=O)C(CO)=C[C@]4(C)[C@@H]3[C@@H](O)C[C@@]21C. The number of hydrogen-bond acceptors (Lipinski definition) is 4. The first-order valence-corrected chi connectivity index (χ1v) is 9.62. The first-order chi connectivity index (χ1) is 11.6. The predicted molar refractivity (Wildman–Crippen MR) is 94.7 cm³/mol. The van der Waals surface area contributed by atoms with Gasteiger partial charge in [-0.3, -0.25) is 4.79 Å². The van der Waals surface area contributed by atoms with Crippen molar-refractivity contribution in [3.63, 3.8) is 0 Å². The zero-order valence-corrected chi connectivity index (χ0v) is 15.5. The number of aliphatic hydroxyl groups excluding tert-OH is 2. The van der Waals surface area contributed by atoms with Crippen LogP contribution in [0.3, 0.4) is 0 Å². The Morgan fingerprint density at radius 2 is 1.96 bits per heavy atom. The Morgan fingerprint density at radius 3 is 2.64 bits per heavy atom. The molecule has 0 aromatic rings. The van der Waals surface area contributed by atoms with E-state index < -0.39 is 11.7 Å². The van der Waals surface area contributed by atoms with Crippen molar-refractivity contribution in [2.45, 2.75) is 64.6 Å². The lowest BCUT2D eigenvalue weighted by Crippen LogP contribution is -2.58. The van der Waals surface area contributed by atoms with E-state index >= 15 is 0 Å². The Morgan fingerprint density at radius 1 is 1.24 bits per heavy atom. The van der Waals surface area contributed by atoms with E-state index in [0.717, 1.165) is 31.3 Å². The van der Waals surface area contributed by atoms with Gasteiger partial charge in [0, 0.05) is 22.3 Å². The summed E-state index contributed by atoms with van der Waals surface area (Å²) in [4.78, 5) is 12.2. The molecular weight excluding hydrogens is 316 g/mol. The number of carbonyl (C=O) groups is 1. The lowest BCUT2D eigenvalue weighted by molar-refractivity contribution is -0.158. The summed E-state index contributed by atoms with van der Waals surface area (Å²) in [6.45, 7) is 5.95. The summed E-state index contributed by atoms with van der Waals surface area (Å²) in [5, 5.41) is 31.7. The van der Waals surface area contributed by atoms with Gasteiger partial charge in [-0.2, -0.15) is 0 Å². The highest BCUT2D eigenvalue weighted by molar-refractivity contribution is 6.06. The molecule has 4 rings (SSSR count). The van der Waals surface area contributed by atoms with E-state index in [2.05, 4.69) is 13.8 Å². The fraction of sp³-hybridized carbons (Fsp3) is 0.762. The van der Waals surface area contributed by atoms with Gasteiger partial charge in [-0.15, -0.1) is 0 Å². The molecule has 4 heteroatoms. The average Bonchev–Trinajstić information content (AvgIpc) is 2.76. The molecule has 0 spiro atoms. The van der Waals surface area contributed by atoms with E-state index in [9.17, 15) is 20.1 Å². The maximum Gasteiger partial charge on any atom is 0.183 e. The van der Waals surface area contributed by atoms with Crippen molar-refractivity contribution in [1.29, 1.82) is 0 Å². The van der Waals surface area contributed by atoms with Crippen LogP contribution >= 0.6 is 0 Å². The highest BCUT2D eigenvalue weighted by Gasteiger charge is 2.64. The average molecular weight is 346 g/mol. The monoisotopic (exact) mass is 346 g/mol. The maximum absolute atomic E-state index is 12.2. The van der Waals surface area contributed by atoms with E-state index in [0.29, 0.717) is 23.8 Å². The minimum absolute atomic E-state index is 0.0501. The van der Waals surface area contributed by atoms with Crippen molar-refractivity contribution in [2.24, 2.45) is 28.6 Å². The number of rotatable bonds is 1. The molecule has 7 atom stereocenters. The first kappa shape index (κ1) is 17.4. The Hall–Kier alpha value is -0.970. The molecule has 4 aliphatic rings. The fourth-order valence-electron chi connectivity index (χ4n) is 6.85. The van der Waals surface area contributed by atoms with Crippen LogP contribution in [-0.2, 0) is 4.79 Å². The van der Waals surface area contributed by atoms with Gasteiger partial charge >= 0.3 is 0 Å². The molecule has 3 N–H and O–H groups in total. The van der Waals surface area contributed by atoms with Gasteiger partial charge in [-0.05, 0) is 56.9 Å². The molecule has 138 valence electrons. The highest BCUT2D eigenvalue weighted by atomic mass is 16.3. The summed E-state index contributed by atoms with van der Waals surface area (Å²) in [6, 6.07) is 0. The van der Waals surface area contributed by atoms with Crippen LogP contribution in [0.15, 0.2) is 23.3 Å². The van der Waals surface area contributed by atoms with Crippen LogP contribution in [0.5, 0.6) is 0 Å². The minimum Gasteiger partial charge on any atom is -0.393 e. The highest BCUT2D eigenvalue weighted by Crippen LogP contribution is 2.66. The van der Waals surface area contributed by atoms with Crippen molar-refractivity contribution in [3.05, 3.63) is 23.3 Å². The summed E-state index contributed by atoms with van der Waals surface area (Å²) in [6.07, 6.45) is 7.35. The molecule has 0 aromatic carbocycles. The third-order valence-electron chi connectivity index (χ3n) is 8.41. The summed E-state index contributed by atoms with van der Waals surface area (Å²) < 4.78 is 0. The Kier molecular flexibility index (Phi) is 3.68. The molecule has 1 unspecified atom stereocenters. The number of allylic oxidation sites excluding steroid dienone is 3. The smallest absolute Gasteiger partial charge is 0.183 e. The van der Waals surface area contributed by atoms with Crippen molar-refractivity contribution in [1.82, 2.24) is 0 Å². The van der Waals surface area contributed by atoms with Crippen molar-refractivity contribution in [3.8, 4) is 0 Å². The zero-order chi connectivity index (χ0) is 18.2. The zero-order valence-electron chi connectivity index (χ0n) is 15.5. The second-order valence-corrected chi connectivity index (χ2v) is 9.48. The molecular formula is C21H30O4. The van der Waals surface area contributed by atoms with Gasteiger partial charge in [0.1, 0.15) is 0 Å². The van der Waals surface area contributed by atoms with Gasteiger partial charge in [0.15, 0.2) is 5.78 Å². The third kappa shape index (κ3) is 2.14. The molecule has 4 nitrogen and oxygen atoms in total. The maximum atomic E-state index is 12.2. The van der Waals surface area contributed by atoms with Crippen LogP contribution in [0.25, 0.3) is 0 Å². The Bertz CT molecular complexity index is 675. The molecule has 0 bridgehead atoms. The van der Waals surface area contributed by atoms with E-state index in [4.69, 9.17) is 0 Å². The number of hydrogen-bond donors (Lipinski definition) is 3. The van der Waals surface area contributed by atoms with Gasteiger partial charge < -0.3 is 15.3 Å². The minimum atomic E-state index is -0.727. The molecule has 3 saturated carbocycles. The van der Waals surface area contributed by atoms with Crippen molar-refractivity contribution in [2.75, 3.05) is 6.61 Å². The quantitative estimate of drug-likeness (QED) is 0.681. The molecule has 0 aliphatic heterocycles. The van der Waals surface area contributed by atoms with Gasteiger partial charge in [-0.25, -0.2) is 0 Å². The van der Waals surface area contributed by atoms with Gasteiger partial charge in [0.2, 0.25) is 0 Å². The summed E-state index contributed by atoms with van der Waals surface area (Å²) >= 11 is 0.